The van der Waals surface area contributed by atoms with Crippen LogP contribution in [0.5, 0.6) is 0 Å². The molecule has 7 unspecified atom stereocenters. The molecule has 7 atom stereocenters. The predicted molar refractivity (Wildman–Crippen MR) is 118 cm³/mol. The van der Waals surface area contributed by atoms with Crippen molar-refractivity contribution in [1.82, 2.24) is 0 Å². The van der Waals surface area contributed by atoms with Gasteiger partial charge in [0.25, 0.3) is 0 Å². The Morgan fingerprint density at radius 3 is 2.54 bits per heavy atom. The maximum absolute atomic E-state index is 12.7. The molecule has 3 aliphatic heterocycles. The number of carbonyl (C=O) groups is 2. The standard InChI is InChI=1S/C15H11I3O7S/c1-26(22)13-7(14(19)20)9-10(11(25-26)12(13)23-9)24-15(21)5-2-4(16)3-6(17)8(5)18/h2-3,7,9-13H,1H2,(H,19,20). The Balaban J connectivity index is 1.66. The molecule has 0 saturated carbocycles. The number of benzene rings is 1. The number of aliphatic carboxylic acids is 1. The van der Waals surface area contributed by atoms with E-state index < -0.39 is 57.3 Å². The predicted octanol–water partition coefficient (Wildman–Crippen LogP) is 1.91. The number of carboxylic acid groups (broad SMARTS) is 1. The fraction of sp³-hybridized carbons (Fsp3) is 0.400. The second kappa shape index (κ2) is 6.67. The molecule has 0 aromatic heterocycles. The zero-order valence-electron chi connectivity index (χ0n) is 12.8. The summed E-state index contributed by atoms with van der Waals surface area (Å²) in [5, 5.41) is 8.72. The molecule has 0 radical (unpaired) electrons. The lowest BCUT2D eigenvalue weighted by Crippen LogP contribution is -2.49. The number of carbonyl (C=O) groups excluding carboxylic acids is 1. The summed E-state index contributed by atoms with van der Waals surface area (Å²) in [5.41, 5.74) is 0.390. The van der Waals surface area contributed by atoms with Crippen molar-refractivity contribution in [3.8, 4) is 0 Å². The third-order valence-corrected chi connectivity index (χ3v) is 10.4. The van der Waals surface area contributed by atoms with Gasteiger partial charge in [-0.3, -0.25) is 8.98 Å². The summed E-state index contributed by atoms with van der Waals surface area (Å²) in [6.07, 6.45) is -3.25. The van der Waals surface area contributed by atoms with Gasteiger partial charge in [0.05, 0.1) is 20.6 Å². The number of esters is 1. The van der Waals surface area contributed by atoms with Crippen molar-refractivity contribution < 1.29 is 32.6 Å². The molecule has 3 saturated heterocycles. The molecule has 3 heterocycles. The maximum Gasteiger partial charge on any atom is 0.339 e. The van der Waals surface area contributed by atoms with Crippen molar-refractivity contribution in [2.24, 2.45) is 5.92 Å². The van der Waals surface area contributed by atoms with Gasteiger partial charge < -0.3 is 14.6 Å². The highest BCUT2D eigenvalue weighted by atomic mass is 127. The summed E-state index contributed by atoms with van der Waals surface area (Å²) in [4.78, 5) is 24.4. The van der Waals surface area contributed by atoms with Crippen LogP contribution in [0.4, 0.5) is 0 Å². The number of fused-ring (bicyclic) bond motifs is 1. The number of halogens is 3. The van der Waals surface area contributed by atoms with E-state index in [0.717, 1.165) is 10.7 Å². The monoisotopic (exact) mass is 716 g/mol. The van der Waals surface area contributed by atoms with Gasteiger partial charge >= 0.3 is 11.9 Å². The van der Waals surface area contributed by atoms with Crippen LogP contribution in [0, 0.1) is 16.6 Å². The van der Waals surface area contributed by atoms with Crippen molar-refractivity contribution in [2.75, 3.05) is 0 Å². The molecule has 0 spiro atoms. The quantitative estimate of drug-likeness (QED) is 0.221. The van der Waals surface area contributed by atoms with Crippen LogP contribution in [0.2, 0.25) is 0 Å². The third kappa shape index (κ3) is 2.91. The van der Waals surface area contributed by atoms with Crippen LogP contribution in [0.15, 0.2) is 12.1 Å². The minimum absolute atomic E-state index is 0.390. The Hall–Kier alpha value is 0.290. The molecule has 7 nitrogen and oxygen atoms in total. The number of hydrogen-bond donors (Lipinski definition) is 1. The van der Waals surface area contributed by atoms with E-state index in [4.69, 9.17) is 13.7 Å². The van der Waals surface area contributed by atoms with E-state index in [1.165, 1.54) is 0 Å². The lowest BCUT2D eigenvalue weighted by atomic mass is 9.85. The molecule has 0 amide bonds. The van der Waals surface area contributed by atoms with Gasteiger partial charge in [-0.25, -0.2) is 9.00 Å². The smallest absolute Gasteiger partial charge is 0.339 e. The van der Waals surface area contributed by atoms with E-state index in [9.17, 15) is 18.9 Å². The Labute approximate surface area is 190 Å². The number of ether oxygens (including phenoxy) is 2. The van der Waals surface area contributed by atoms with E-state index in [0.29, 0.717) is 5.56 Å². The molecule has 1 aromatic rings. The van der Waals surface area contributed by atoms with Gasteiger partial charge in [0.2, 0.25) is 0 Å². The minimum atomic E-state index is -3.08. The first kappa shape index (κ1) is 19.6. The van der Waals surface area contributed by atoms with Crippen molar-refractivity contribution >= 4 is 95.4 Å². The molecular formula is C15H11I3O7S. The minimum Gasteiger partial charge on any atom is -0.481 e. The number of carboxylic acids is 1. The second-order valence-electron chi connectivity index (χ2n) is 6.24. The number of hydrogen-bond acceptors (Lipinski definition) is 6. The van der Waals surface area contributed by atoms with Crippen LogP contribution in [-0.4, -0.2) is 56.8 Å². The van der Waals surface area contributed by atoms with Gasteiger partial charge in [-0.1, -0.05) is 0 Å². The van der Waals surface area contributed by atoms with Crippen molar-refractivity contribution in [2.45, 2.75) is 29.7 Å². The molecule has 2 bridgehead atoms. The molecule has 3 fully saturated rings. The van der Waals surface area contributed by atoms with Gasteiger partial charge in [-0.2, -0.15) is 0 Å². The van der Waals surface area contributed by atoms with E-state index in [1.54, 1.807) is 6.07 Å². The average molecular weight is 716 g/mol. The molecule has 26 heavy (non-hydrogen) atoms. The maximum atomic E-state index is 12.7. The Bertz CT molecular complexity index is 931. The highest BCUT2D eigenvalue weighted by Gasteiger charge is 2.71. The van der Waals surface area contributed by atoms with Gasteiger partial charge in [0.1, 0.15) is 24.2 Å². The summed E-state index contributed by atoms with van der Waals surface area (Å²) in [5.74, 6) is 0.742. The van der Waals surface area contributed by atoms with Crippen molar-refractivity contribution in [3.63, 3.8) is 0 Å². The first-order valence-electron chi connectivity index (χ1n) is 7.40. The molecule has 0 aliphatic carbocycles. The van der Waals surface area contributed by atoms with Gasteiger partial charge in [-0.15, -0.1) is 0 Å². The van der Waals surface area contributed by atoms with Crippen LogP contribution < -0.4 is 0 Å². The summed E-state index contributed by atoms with van der Waals surface area (Å²) in [6, 6.07) is 3.64. The van der Waals surface area contributed by atoms with Crippen molar-refractivity contribution in [3.05, 3.63) is 28.4 Å². The van der Waals surface area contributed by atoms with Crippen LogP contribution in [0.3, 0.4) is 0 Å². The lowest BCUT2D eigenvalue weighted by Gasteiger charge is -2.26. The zero-order chi connectivity index (χ0) is 19.0. The van der Waals surface area contributed by atoms with E-state index in [-0.39, 0.29) is 0 Å². The molecule has 3 aliphatic rings. The number of rotatable bonds is 3. The van der Waals surface area contributed by atoms with Gasteiger partial charge in [0, 0.05) is 10.7 Å². The fourth-order valence-electron chi connectivity index (χ4n) is 3.75. The Morgan fingerprint density at radius 2 is 1.88 bits per heavy atom. The SMILES string of the molecule is C=S1(=O)OC2C(OC(=O)c3cc(I)cc(I)c3I)C3OC2C1C3C(=O)O. The Morgan fingerprint density at radius 1 is 1.19 bits per heavy atom. The van der Waals surface area contributed by atoms with Crippen LogP contribution in [0.1, 0.15) is 10.4 Å². The molecule has 11 heteroatoms. The summed E-state index contributed by atoms with van der Waals surface area (Å²) < 4.78 is 31.9. The summed E-state index contributed by atoms with van der Waals surface area (Å²) >= 11 is 6.31. The topological polar surface area (TPSA) is 99.1 Å². The van der Waals surface area contributed by atoms with Crippen LogP contribution in [0.25, 0.3) is 0 Å². The summed E-state index contributed by atoms with van der Waals surface area (Å²) in [6.45, 7) is 0. The van der Waals surface area contributed by atoms with Gasteiger partial charge in [-0.05, 0) is 85.8 Å². The first-order valence-corrected chi connectivity index (χ1v) is 12.3. The lowest BCUT2D eigenvalue weighted by molar-refractivity contribution is -0.145. The summed E-state index contributed by atoms with van der Waals surface area (Å²) in [7, 11) is -3.08. The normalized spacial score (nSPS) is 40.0. The molecule has 1 N–H and O–H groups in total. The highest BCUT2D eigenvalue weighted by molar-refractivity contribution is 14.1. The highest BCUT2D eigenvalue weighted by Crippen LogP contribution is 2.51. The largest absolute Gasteiger partial charge is 0.481 e. The molecule has 1 aromatic carbocycles. The van der Waals surface area contributed by atoms with Crippen molar-refractivity contribution in [1.29, 1.82) is 0 Å². The fourth-order valence-corrected chi connectivity index (χ4v) is 8.20. The molecule has 140 valence electrons. The van der Waals surface area contributed by atoms with E-state index in [1.807, 2.05) is 6.07 Å². The molecule has 4 rings (SSSR count). The van der Waals surface area contributed by atoms with E-state index >= 15 is 0 Å². The molecular weight excluding hydrogens is 705 g/mol. The van der Waals surface area contributed by atoms with Gasteiger partial charge in [0.15, 0.2) is 6.10 Å². The first-order chi connectivity index (χ1) is 12.1. The second-order valence-corrected chi connectivity index (χ2v) is 11.8. The van der Waals surface area contributed by atoms with E-state index in [2.05, 4.69) is 73.6 Å². The van der Waals surface area contributed by atoms with Crippen LogP contribution >= 0.6 is 67.8 Å². The van der Waals surface area contributed by atoms with Crippen LogP contribution in [-0.2, 0) is 28.3 Å². The zero-order valence-corrected chi connectivity index (χ0v) is 20.1. The average Bonchev–Trinajstić information content (AvgIpc) is 3.13. The third-order valence-electron chi connectivity index (χ3n) is 4.75. The Kier molecular flexibility index (Phi) is 5.03.